The molecule has 0 spiro atoms. The second-order valence-corrected chi connectivity index (χ2v) is 3.63. The van der Waals surface area contributed by atoms with Crippen molar-refractivity contribution < 1.29 is 29.9 Å². The van der Waals surface area contributed by atoms with Crippen LogP contribution in [-0.4, -0.2) is 77.7 Å². The molecule has 0 aliphatic carbocycles. The minimum atomic E-state index is -0.916. The first-order valence-corrected chi connectivity index (χ1v) is 5.50. The molecule has 1 aliphatic rings. The van der Waals surface area contributed by atoms with Crippen molar-refractivity contribution >= 4 is 11.6 Å². The molecule has 3 unspecified atom stereocenters. The summed E-state index contributed by atoms with van der Waals surface area (Å²) in [4.78, 5) is 0. The van der Waals surface area contributed by atoms with Crippen molar-refractivity contribution in [2.75, 3.05) is 38.9 Å². The molecule has 16 heavy (non-hydrogen) atoms. The zero-order valence-electron chi connectivity index (χ0n) is 8.96. The highest BCUT2D eigenvalue weighted by Gasteiger charge is 2.19. The fourth-order valence-electron chi connectivity index (χ4n) is 0.603. The van der Waals surface area contributed by atoms with Gasteiger partial charge in [0.2, 0.25) is 0 Å². The average Bonchev–Trinajstić information content (AvgIpc) is 3.12. The quantitative estimate of drug-likeness (QED) is 0.322. The molecule has 1 fully saturated rings. The zero-order chi connectivity index (χ0) is 12.4. The van der Waals surface area contributed by atoms with Crippen LogP contribution in [0.15, 0.2) is 0 Å². The van der Waals surface area contributed by atoms with Gasteiger partial charge >= 0.3 is 0 Å². The summed E-state index contributed by atoms with van der Waals surface area (Å²) < 4.78 is 9.44. The SMILES string of the molecule is ClCC1CO1.OCC(O)COCC(O)CO. The van der Waals surface area contributed by atoms with Crippen LogP contribution in [-0.2, 0) is 9.47 Å². The molecule has 1 heterocycles. The Labute approximate surface area is 99.4 Å². The molecule has 3 atom stereocenters. The first-order chi connectivity index (χ1) is 7.63. The third-order valence-corrected chi connectivity index (χ3v) is 1.96. The summed E-state index contributed by atoms with van der Waals surface area (Å²) in [6, 6.07) is 0. The van der Waals surface area contributed by atoms with Crippen LogP contribution >= 0.6 is 11.6 Å². The Morgan fingerprint density at radius 2 is 1.62 bits per heavy atom. The van der Waals surface area contributed by atoms with E-state index in [-0.39, 0.29) is 26.4 Å². The Kier molecular flexibility index (Phi) is 10.3. The van der Waals surface area contributed by atoms with Gasteiger partial charge in [-0.3, -0.25) is 0 Å². The predicted molar refractivity (Wildman–Crippen MR) is 57.5 cm³/mol. The normalized spacial score (nSPS) is 21.9. The van der Waals surface area contributed by atoms with E-state index in [4.69, 9.17) is 41.5 Å². The average molecular weight is 259 g/mol. The van der Waals surface area contributed by atoms with E-state index in [1.807, 2.05) is 0 Å². The maximum absolute atomic E-state index is 8.72. The van der Waals surface area contributed by atoms with Crippen LogP contribution in [0.5, 0.6) is 0 Å². The molecule has 1 aliphatic heterocycles. The van der Waals surface area contributed by atoms with E-state index in [1.54, 1.807) is 0 Å². The molecule has 0 aromatic rings. The molecular weight excluding hydrogens is 240 g/mol. The Hall–Kier alpha value is 0.0500. The van der Waals surface area contributed by atoms with Gasteiger partial charge < -0.3 is 29.9 Å². The van der Waals surface area contributed by atoms with Crippen molar-refractivity contribution in [1.82, 2.24) is 0 Å². The predicted octanol–water partition coefficient (Wildman–Crippen LogP) is -1.67. The van der Waals surface area contributed by atoms with E-state index in [0.717, 1.165) is 6.61 Å². The number of rotatable bonds is 7. The van der Waals surface area contributed by atoms with E-state index in [2.05, 4.69) is 0 Å². The number of hydrogen-bond donors (Lipinski definition) is 4. The molecule has 7 heteroatoms. The van der Waals surface area contributed by atoms with Crippen molar-refractivity contribution in [3.8, 4) is 0 Å². The fourth-order valence-corrected chi connectivity index (χ4v) is 0.781. The first-order valence-electron chi connectivity index (χ1n) is 4.97. The van der Waals surface area contributed by atoms with Crippen molar-refractivity contribution in [3.63, 3.8) is 0 Å². The molecule has 0 amide bonds. The molecular formula is C9H19ClO6. The number of halogens is 1. The van der Waals surface area contributed by atoms with Crippen molar-refractivity contribution in [2.45, 2.75) is 18.3 Å². The van der Waals surface area contributed by atoms with Gasteiger partial charge in [0.1, 0.15) is 12.2 Å². The molecule has 98 valence electrons. The number of hydrogen-bond acceptors (Lipinski definition) is 6. The molecule has 4 N–H and O–H groups in total. The van der Waals surface area contributed by atoms with E-state index in [9.17, 15) is 0 Å². The van der Waals surface area contributed by atoms with Gasteiger partial charge in [0.25, 0.3) is 0 Å². The molecule has 1 saturated heterocycles. The van der Waals surface area contributed by atoms with Gasteiger partial charge in [-0.25, -0.2) is 0 Å². The van der Waals surface area contributed by atoms with Gasteiger partial charge in [-0.1, -0.05) is 0 Å². The highest BCUT2D eigenvalue weighted by molar-refractivity contribution is 6.18. The maximum Gasteiger partial charge on any atom is 0.100 e. The van der Waals surface area contributed by atoms with Gasteiger partial charge in [-0.15, -0.1) is 11.6 Å². The summed E-state index contributed by atoms with van der Waals surface area (Å²) in [5.74, 6) is 0.667. The minimum Gasteiger partial charge on any atom is -0.394 e. The Balaban J connectivity index is 0.000000368. The summed E-state index contributed by atoms with van der Waals surface area (Å²) in [7, 11) is 0. The van der Waals surface area contributed by atoms with Gasteiger partial charge in [0.05, 0.1) is 45.0 Å². The second kappa shape index (κ2) is 10.2. The smallest absolute Gasteiger partial charge is 0.100 e. The molecule has 6 nitrogen and oxygen atoms in total. The van der Waals surface area contributed by atoms with Crippen LogP contribution in [0.2, 0.25) is 0 Å². The van der Waals surface area contributed by atoms with Crippen LogP contribution in [0.4, 0.5) is 0 Å². The molecule has 0 aromatic carbocycles. The molecule has 1 rings (SSSR count). The summed E-state index contributed by atoms with van der Waals surface area (Å²) in [6.07, 6.45) is -1.43. The topological polar surface area (TPSA) is 103 Å². The monoisotopic (exact) mass is 258 g/mol. The summed E-state index contributed by atoms with van der Waals surface area (Å²) in [6.45, 7) is 0.0784. The van der Waals surface area contributed by atoms with Gasteiger partial charge in [0.15, 0.2) is 0 Å². The van der Waals surface area contributed by atoms with Gasteiger partial charge in [-0.2, -0.15) is 0 Å². The van der Waals surface area contributed by atoms with E-state index >= 15 is 0 Å². The molecule has 0 bridgehead atoms. The molecule has 0 aromatic heterocycles. The van der Waals surface area contributed by atoms with Crippen molar-refractivity contribution in [3.05, 3.63) is 0 Å². The van der Waals surface area contributed by atoms with E-state index in [0.29, 0.717) is 12.0 Å². The van der Waals surface area contributed by atoms with Gasteiger partial charge in [-0.05, 0) is 0 Å². The lowest BCUT2D eigenvalue weighted by Crippen LogP contribution is -2.25. The van der Waals surface area contributed by atoms with Crippen LogP contribution in [0, 0.1) is 0 Å². The maximum atomic E-state index is 8.72. The number of ether oxygens (including phenoxy) is 2. The summed E-state index contributed by atoms with van der Waals surface area (Å²) in [5, 5.41) is 34.1. The summed E-state index contributed by atoms with van der Waals surface area (Å²) in [5.41, 5.74) is 0. The lowest BCUT2D eigenvalue weighted by molar-refractivity contribution is -0.0364. The number of aliphatic hydroxyl groups is 4. The fraction of sp³-hybridized carbons (Fsp3) is 1.00. The largest absolute Gasteiger partial charge is 0.394 e. The number of aliphatic hydroxyl groups excluding tert-OH is 4. The molecule has 0 saturated carbocycles. The first kappa shape index (κ1) is 16.1. The summed E-state index contributed by atoms with van der Waals surface area (Å²) >= 11 is 5.27. The van der Waals surface area contributed by atoms with E-state index in [1.165, 1.54) is 0 Å². The van der Waals surface area contributed by atoms with Crippen molar-refractivity contribution in [2.24, 2.45) is 0 Å². The lowest BCUT2D eigenvalue weighted by atomic mass is 10.4. The number of alkyl halides is 1. The standard InChI is InChI=1S/C6H14O5.C3H5ClO/c7-1-5(9)3-11-4-6(10)2-8;4-1-3-2-5-3/h5-10H,1-4H2;3H,1-2H2. The third kappa shape index (κ3) is 10.6. The minimum absolute atomic E-state index is 0.0342. The Morgan fingerprint density at radius 1 is 1.19 bits per heavy atom. The Morgan fingerprint density at radius 3 is 1.81 bits per heavy atom. The third-order valence-electron chi connectivity index (χ3n) is 1.62. The van der Waals surface area contributed by atoms with Crippen LogP contribution in [0.25, 0.3) is 0 Å². The Bertz CT molecular complexity index is 145. The van der Waals surface area contributed by atoms with Crippen LogP contribution < -0.4 is 0 Å². The lowest BCUT2D eigenvalue weighted by Gasteiger charge is -2.10. The van der Waals surface area contributed by atoms with Crippen LogP contribution in [0.1, 0.15) is 0 Å². The van der Waals surface area contributed by atoms with Crippen LogP contribution in [0.3, 0.4) is 0 Å². The highest BCUT2D eigenvalue weighted by atomic mass is 35.5. The number of epoxide rings is 1. The van der Waals surface area contributed by atoms with E-state index < -0.39 is 12.2 Å². The molecule has 0 radical (unpaired) electrons. The van der Waals surface area contributed by atoms with Gasteiger partial charge in [0, 0.05) is 0 Å². The highest BCUT2D eigenvalue weighted by Crippen LogP contribution is 2.08. The second-order valence-electron chi connectivity index (χ2n) is 3.32. The van der Waals surface area contributed by atoms with Crippen molar-refractivity contribution in [1.29, 1.82) is 0 Å². The zero-order valence-corrected chi connectivity index (χ0v) is 9.71.